The minimum Gasteiger partial charge on any atom is -0.480 e. The normalized spacial score (nSPS) is 20.3. The van der Waals surface area contributed by atoms with Gasteiger partial charge in [0.1, 0.15) is 5.75 Å². The summed E-state index contributed by atoms with van der Waals surface area (Å²) in [6, 6.07) is 7.79. The Bertz CT molecular complexity index is 438. The fraction of sp³-hybridized carbons (Fsp3) is 0.533. The van der Waals surface area contributed by atoms with Crippen LogP contribution in [-0.2, 0) is 11.2 Å². The van der Waals surface area contributed by atoms with Crippen LogP contribution in [0.5, 0.6) is 5.75 Å². The first-order valence-corrected chi connectivity index (χ1v) is 7.24. The minimum absolute atomic E-state index is 0.0503. The zero-order chi connectivity index (χ0) is 13.9. The lowest BCUT2D eigenvalue weighted by Crippen LogP contribution is -2.50. The van der Waals surface area contributed by atoms with Gasteiger partial charge in [-0.05, 0) is 31.4 Å². The van der Waals surface area contributed by atoms with E-state index in [4.69, 9.17) is 16.3 Å². The van der Waals surface area contributed by atoms with E-state index in [2.05, 4.69) is 12.2 Å². The quantitative estimate of drug-likeness (QED) is 0.843. The molecule has 2 unspecified atom stereocenters. The van der Waals surface area contributed by atoms with Gasteiger partial charge in [-0.1, -0.05) is 25.1 Å². The molecule has 0 saturated carbocycles. The second kappa shape index (κ2) is 5.83. The number of carbonyl (C=O) groups excluding carboxylic acids is 1. The van der Waals surface area contributed by atoms with Crippen molar-refractivity contribution in [2.45, 2.75) is 44.8 Å². The van der Waals surface area contributed by atoms with Crippen LogP contribution in [0.25, 0.3) is 0 Å². The molecule has 0 radical (unpaired) electrons. The molecule has 1 aliphatic heterocycles. The molecule has 1 N–H and O–H groups in total. The first kappa shape index (κ1) is 14.2. The zero-order valence-electron chi connectivity index (χ0n) is 11.4. The molecule has 0 spiro atoms. The molecule has 1 aromatic carbocycles. The molecule has 0 aromatic heterocycles. The van der Waals surface area contributed by atoms with Gasteiger partial charge >= 0.3 is 0 Å². The van der Waals surface area contributed by atoms with Crippen molar-refractivity contribution in [3.8, 4) is 5.75 Å². The summed E-state index contributed by atoms with van der Waals surface area (Å²) in [7, 11) is 0. The second-order valence-electron chi connectivity index (χ2n) is 5.26. The van der Waals surface area contributed by atoms with E-state index in [-0.39, 0.29) is 11.4 Å². The SMILES string of the molecule is CCC(C)(CCCl)NC(=O)C1Cc2ccccc2O1. The lowest BCUT2D eigenvalue weighted by molar-refractivity contribution is -0.129. The Hall–Kier alpha value is -1.22. The third-order valence-corrected chi connectivity index (χ3v) is 3.98. The van der Waals surface area contributed by atoms with E-state index < -0.39 is 6.10 Å². The van der Waals surface area contributed by atoms with Crippen LogP contribution in [0.3, 0.4) is 0 Å². The molecule has 1 amide bonds. The first-order chi connectivity index (χ1) is 9.08. The van der Waals surface area contributed by atoms with E-state index in [1.165, 1.54) is 0 Å². The topological polar surface area (TPSA) is 38.3 Å². The fourth-order valence-electron chi connectivity index (χ4n) is 2.24. The van der Waals surface area contributed by atoms with Crippen LogP contribution in [-0.4, -0.2) is 23.4 Å². The van der Waals surface area contributed by atoms with Crippen molar-refractivity contribution in [2.75, 3.05) is 5.88 Å². The van der Waals surface area contributed by atoms with Gasteiger partial charge in [0, 0.05) is 17.8 Å². The molecule has 3 nitrogen and oxygen atoms in total. The molecule has 1 aliphatic rings. The number of rotatable bonds is 5. The highest BCUT2D eigenvalue weighted by molar-refractivity contribution is 6.17. The molecule has 19 heavy (non-hydrogen) atoms. The van der Waals surface area contributed by atoms with Crippen molar-refractivity contribution in [3.05, 3.63) is 29.8 Å². The third-order valence-electron chi connectivity index (χ3n) is 3.79. The van der Waals surface area contributed by atoms with Gasteiger partial charge in [-0.15, -0.1) is 11.6 Å². The van der Waals surface area contributed by atoms with E-state index in [1.54, 1.807) is 0 Å². The summed E-state index contributed by atoms with van der Waals surface area (Å²) >= 11 is 5.80. The van der Waals surface area contributed by atoms with Crippen LogP contribution in [0, 0.1) is 0 Å². The Labute approximate surface area is 119 Å². The number of hydrogen-bond donors (Lipinski definition) is 1. The lowest BCUT2D eigenvalue weighted by atomic mass is 9.95. The molecule has 0 fully saturated rings. The predicted molar refractivity (Wildman–Crippen MR) is 76.7 cm³/mol. The standard InChI is InChI=1S/C15H20ClNO2/c1-3-15(2,8-9-16)17-14(18)13-10-11-6-4-5-7-12(11)19-13/h4-7,13H,3,8-10H2,1-2H3,(H,17,18). The van der Waals surface area contributed by atoms with E-state index in [9.17, 15) is 4.79 Å². The highest BCUT2D eigenvalue weighted by Crippen LogP contribution is 2.28. The van der Waals surface area contributed by atoms with Crippen molar-refractivity contribution >= 4 is 17.5 Å². The van der Waals surface area contributed by atoms with E-state index in [0.29, 0.717) is 12.3 Å². The maximum atomic E-state index is 12.3. The van der Waals surface area contributed by atoms with E-state index in [0.717, 1.165) is 24.2 Å². The van der Waals surface area contributed by atoms with E-state index >= 15 is 0 Å². The fourth-order valence-corrected chi connectivity index (χ4v) is 2.66. The summed E-state index contributed by atoms with van der Waals surface area (Å²) in [5.74, 6) is 1.31. The summed E-state index contributed by atoms with van der Waals surface area (Å²) in [5.41, 5.74) is 0.843. The second-order valence-corrected chi connectivity index (χ2v) is 5.64. The summed E-state index contributed by atoms with van der Waals surface area (Å²) < 4.78 is 5.69. The summed E-state index contributed by atoms with van der Waals surface area (Å²) in [5, 5.41) is 3.07. The minimum atomic E-state index is -0.418. The molecule has 2 atom stereocenters. The molecular weight excluding hydrogens is 262 g/mol. The van der Waals surface area contributed by atoms with E-state index in [1.807, 2.05) is 31.2 Å². The number of benzene rings is 1. The van der Waals surface area contributed by atoms with Gasteiger partial charge in [0.2, 0.25) is 0 Å². The Balaban J connectivity index is 1.99. The Kier molecular flexibility index (Phi) is 4.35. The molecule has 0 aliphatic carbocycles. The van der Waals surface area contributed by atoms with Crippen LogP contribution < -0.4 is 10.1 Å². The van der Waals surface area contributed by atoms with Crippen molar-refractivity contribution < 1.29 is 9.53 Å². The van der Waals surface area contributed by atoms with Crippen molar-refractivity contribution in [3.63, 3.8) is 0 Å². The molecule has 4 heteroatoms. The van der Waals surface area contributed by atoms with Gasteiger partial charge in [0.25, 0.3) is 5.91 Å². The number of hydrogen-bond acceptors (Lipinski definition) is 2. The summed E-state index contributed by atoms with van der Waals surface area (Å²) in [6.07, 6.45) is 1.84. The van der Waals surface area contributed by atoms with Crippen LogP contribution in [0.2, 0.25) is 0 Å². The smallest absolute Gasteiger partial charge is 0.261 e. The average Bonchev–Trinajstić information content (AvgIpc) is 2.83. The number of halogens is 1. The molecule has 2 rings (SSSR count). The number of carbonyl (C=O) groups is 1. The third kappa shape index (κ3) is 3.21. The van der Waals surface area contributed by atoms with Gasteiger partial charge in [0.05, 0.1) is 0 Å². The van der Waals surface area contributed by atoms with Gasteiger partial charge in [0.15, 0.2) is 6.10 Å². The maximum Gasteiger partial charge on any atom is 0.261 e. The number of amides is 1. The van der Waals surface area contributed by atoms with Crippen LogP contribution in [0.1, 0.15) is 32.3 Å². The van der Waals surface area contributed by atoms with Gasteiger partial charge in [-0.2, -0.15) is 0 Å². The van der Waals surface area contributed by atoms with Gasteiger partial charge in [-0.3, -0.25) is 4.79 Å². The van der Waals surface area contributed by atoms with Crippen molar-refractivity contribution in [2.24, 2.45) is 0 Å². The summed E-state index contributed by atoms with van der Waals surface area (Å²) in [4.78, 5) is 12.3. The van der Waals surface area contributed by atoms with Gasteiger partial charge < -0.3 is 10.1 Å². The molecule has 1 heterocycles. The Morgan fingerprint density at radius 3 is 2.89 bits per heavy atom. The number of para-hydroxylation sites is 1. The summed E-state index contributed by atoms with van der Waals surface area (Å²) in [6.45, 7) is 4.08. The molecule has 1 aromatic rings. The molecule has 0 bridgehead atoms. The highest BCUT2D eigenvalue weighted by atomic mass is 35.5. The number of fused-ring (bicyclic) bond motifs is 1. The zero-order valence-corrected chi connectivity index (χ0v) is 12.2. The Morgan fingerprint density at radius 1 is 1.53 bits per heavy atom. The average molecular weight is 282 g/mol. The number of ether oxygens (including phenoxy) is 1. The maximum absolute atomic E-state index is 12.3. The number of nitrogens with one attached hydrogen (secondary N) is 1. The van der Waals surface area contributed by atoms with Crippen LogP contribution in [0.15, 0.2) is 24.3 Å². The van der Waals surface area contributed by atoms with Crippen molar-refractivity contribution in [1.29, 1.82) is 0 Å². The molecule has 104 valence electrons. The highest BCUT2D eigenvalue weighted by Gasteiger charge is 2.32. The predicted octanol–water partition coefficient (Wildman–Crippen LogP) is 2.90. The van der Waals surface area contributed by atoms with Crippen molar-refractivity contribution in [1.82, 2.24) is 5.32 Å². The first-order valence-electron chi connectivity index (χ1n) is 6.70. The largest absolute Gasteiger partial charge is 0.480 e. The lowest BCUT2D eigenvalue weighted by Gasteiger charge is -2.30. The number of alkyl halides is 1. The molecular formula is C15H20ClNO2. The molecule has 0 saturated heterocycles. The van der Waals surface area contributed by atoms with Crippen LogP contribution in [0.4, 0.5) is 0 Å². The van der Waals surface area contributed by atoms with Crippen LogP contribution >= 0.6 is 11.6 Å². The monoisotopic (exact) mass is 281 g/mol. The van der Waals surface area contributed by atoms with Gasteiger partial charge in [-0.25, -0.2) is 0 Å². The Morgan fingerprint density at radius 2 is 2.26 bits per heavy atom.